The van der Waals surface area contributed by atoms with Gasteiger partial charge in [-0.3, -0.25) is 14.9 Å². The minimum absolute atomic E-state index is 0.0960. The van der Waals surface area contributed by atoms with Crippen LogP contribution in [0, 0.1) is 10.1 Å². The summed E-state index contributed by atoms with van der Waals surface area (Å²) in [5.41, 5.74) is 5.13. The molecule has 0 spiro atoms. The van der Waals surface area contributed by atoms with Crippen molar-refractivity contribution in [1.29, 1.82) is 0 Å². The van der Waals surface area contributed by atoms with Crippen LogP contribution in [-0.4, -0.2) is 28.6 Å². The Hall–Kier alpha value is -4.59. The highest BCUT2D eigenvalue weighted by Crippen LogP contribution is 2.27. The summed E-state index contributed by atoms with van der Waals surface area (Å²) in [4.78, 5) is 28.4. The molecule has 1 N–H and O–H groups in total. The first-order valence-corrected chi connectivity index (χ1v) is 10.3. The van der Waals surface area contributed by atoms with Crippen molar-refractivity contribution in [2.24, 2.45) is 5.10 Å². The van der Waals surface area contributed by atoms with E-state index in [0.29, 0.717) is 34.5 Å². The van der Waals surface area contributed by atoms with Crippen LogP contribution < -0.4 is 10.2 Å². The fraction of sp³-hybridized carbons (Fsp3) is 0.0800. The Morgan fingerprint density at radius 1 is 1.09 bits per heavy atom. The number of nitrogens with one attached hydrogen (secondary N) is 1. The minimum Gasteiger partial charge on any atom is -0.494 e. The first-order chi connectivity index (χ1) is 16.1. The van der Waals surface area contributed by atoms with Crippen LogP contribution >= 0.6 is 0 Å². The summed E-state index contributed by atoms with van der Waals surface area (Å²) in [7, 11) is 0. The monoisotopic (exact) mass is 440 g/mol. The largest absolute Gasteiger partial charge is 0.494 e. The zero-order valence-corrected chi connectivity index (χ0v) is 17.8. The van der Waals surface area contributed by atoms with E-state index in [1.807, 2.05) is 55.5 Å². The number of aromatic nitrogens is 1. The van der Waals surface area contributed by atoms with Crippen LogP contribution in [-0.2, 0) is 0 Å². The van der Waals surface area contributed by atoms with Gasteiger partial charge in [0.05, 0.1) is 40.1 Å². The highest BCUT2D eigenvalue weighted by molar-refractivity contribution is 6.07. The van der Waals surface area contributed by atoms with Gasteiger partial charge in [-0.1, -0.05) is 42.5 Å². The molecule has 0 unspecified atom stereocenters. The predicted molar refractivity (Wildman–Crippen MR) is 127 cm³/mol. The molecule has 3 aromatic carbocycles. The summed E-state index contributed by atoms with van der Waals surface area (Å²) < 4.78 is 5.58. The molecule has 1 amide bonds. The molecule has 0 saturated carbocycles. The summed E-state index contributed by atoms with van der Waals surface area (Å²) in [6.45, 7) is 2.45. The van der Waals surface area contributed by atoms with Crippen LogP contribution in [0.4, 0.5) is 5.69 Å². The number of rotatable bonds is 7. The van der Waals surface area contributed by atoms with E-state index in [0.717, 1.165) is 5.56 Å². The number of nitro groups is 1. The van der Waals surface area contributed by atoms with Gasteiger partial charge in [-0.05, 0) is 37.3 Å². The lowest BCUT2D eigenvalue weighted by Gasteiger charge is -2.10. The fourth-order valence-electron chi connectivity index (χ4n) is 3.41. The highest BCUT2D eigenvalue weighted by Gasteiger charge is 2.15. The van der Waals surface area contributed by atoms with Crippen molar-refractivity contribution in [3.05, 3.63) is 100 Å². The Morgan fingerprint density at radius 3 is 2.70 bits per heavy atom. The molecule has 0 aliphatic carbocycles. The lowest BCUT2D eigenvalue weighted by Crippen LogP contribution is -2.18. The summed E-state index contributed by atoms with van der Waals surface area (Å²) in [5, 5.41) is 15.8. The number of nitro benzene ring substituents is 1. The van der Waals surface area contributed by atoms with Crippen LogP contribution in [0.5, 0.6) is 5.75 Å². The molecule has 0 aliphatic rings. The van der Waals surface area contributed by atoms with Crippen molar-refractivity contribution in [2.45, 2.75) is 6.92 Å². The summed E-state index contributed by atoms with van der Waals surface area (Å²) in [6, 6.07) is 22.7. The maximum atomic E-state index is 13.0. The third kappa shape index (κ3) is 4.85. The molecular weight excluding hydrogens is 420 g/mol. The SMILES string of the molecule is CCOc1cccc(-c2cc(C(=O)N/N=C/c3ccccc3[N+](=O)[O-])c3ccccc3n2)c1. The third-order valence-corrected chi connectivity index (χ3v) is 4.90. The summed E-state index contributed by atoms with van der Waals surface area (Å²) in [5.74, 6) is 0.260. The number of para-hydroxylation sites is 2. The molecule has 4 aromatic rings. The lowest BCUT2D eigenvalue weighted by atomic mass is 10.0. The standard InChI is InChI=1S/C25H20N4O4/c1-2-33-19-10-7-9-17(14-19)23-15-21(20-11-4-5-12-22(20)27-23)25(30)28-26-16-18-8-3-6-13-24(18)29(31)32/h3-16H,2H2,1H3,(H,28,30)/b26-16+. The van der Waals surface area contributed by atoms with Gasteiger partial charge in [0.1, 0.15) is 5.75 Å². The highest BCUT2D eigenvalue weighted by atomic mass is 16.6. The predicted octanol–water partition coefficient (Wildman–Crippen LogP) is 4.97. The number of hydrazone groups is 1. The smallest absolute Gasteiger partial charge is 0.278 e. The number of amides is 1. The summed E-state index contributed by atoms with van der Waals surface area (Å²) in [6.07, 6.45) is 1.26. The van der Waals surface area contributed by atoms with Gasteiger partial charge in [0.15, 0.2) is 0 Å². The van der Waals surface area contributed by atoms with Crippen LogP contribution in [0.15, 0.2) is 84.0 Å². The van der Waals surface area contributed by atoms with Crippen molar-refractivity contribution < 1.29 is 14.5 Å². The third-order valence-electron chi connectivity index (χ3n) is 4.90. The molecule has 0 atom stereocenters. The van der Waals surface area contributed by atoms with E-state index in [2.05, 4.69) is 10.5 Å². The normalized spacial score (nSPS) is 10.9. The molecule has 4 rings (SSSR count). The number of pyridine rings is 1. The second-order valence-corrected chi connectivity index (χ2v) is 7.05. The van der Waals surface area contributed by atoms with Crippen LogP contribution in [0.3, 0.4) is 0 Å². The average molecular weight is 440 g/mol. The second-order valence-electron chi connectivity index (χ2n) is 7.05. The number of hydrogen-bond acceptors (Lipinski definition) is 6. The van der Waals surface area contributed by atoms with E-state index < -0.39 is 10.8 Å². The van der Waals surface area contributed by atoms with Crippen LogP contribution in [0.1, 0.15) is 22.8 Å². The van der Waals surface area contributed by atoms with E-state index in [1.165, 1.54) is 12.3 Å². The molecule has 0 aliphatic heterocycles. The van der Waals surface area contributed by atoms with E-state index in [9.17, 15) is 14.9 Å². The zero-order chi connectivity index (χ0) is 23.2. The Balaban J connectivity index is 1.68. The van der Waals surface area contributed by atoms with E-state index >= 15 is 0 Å². The lowest BCUT2D eigenvalue weighted by molar-refractivity contribution is -0.385. The average Bonchev–Trinajstić information content (AvgIpc) is 2.84. The number of ether oxygens (including phenoxy) is 1. The number of carbonyl (C=O) groups excluding carboxylic acids is 1. The van der Waals surface area contributed by atoms with E-state index in [-0.39, 0.29) is 11.3 Å². The molecule has 0 fully saturated rings. The van der Waals surface area contributed by atoms with Crippen molar-refractivity contribution in [1.82, 2.24) is 10.4 Å². The number of nitrogens with zero attached hydrogens (tertiary/aromatic N) is 3. The maximum absolute atomic E-state index is 13.0. The van der Waals surface area contributed by atoms with Gasteiger partial charge in [-0.25, -0.2) is 10.4 Å². The Kier molecular flexibility index (Phi) is 6.36. The molecule has 164 valence electrons. The minimum atomic E-state index is -0.498. The van der Waals surface area contributed by atoms with Gasteiger partial charge >= 0.3 is 0 Å². The Morgan fingerprint density at radius 2 is 1.88 bits per heavy atom. The maximum Gasteiger partial charge on any atom is 0.278 e. The van der Waals surface area contributed by atoms with Crippen molar-refractivity contribution in [3.63, 3.8) is 0 Å². The first-order valence-electron chi connectivity index (χ1n) is 10.3. The number of carbonyl (C=O) groups is 1. The van der Waals surface area contributed by atoms with E-state index in [1.54, 1.807) is 24.3 Å². The van der Waals surface area contributed by atoms with Crippen molar-refractivity contribution >= 4 is 28.7 Å². The van der Waals surface area contributed by atoms with E-state index in [4.69, 9.17) is 9.72 Å². The number of fused-ring (bicyclic) bond motifs is 1. The molecule has 33 heavy (non-hydrogen) atoms. The molecule has 8 heteroatoms. The van der Waals surface area contributed by atoms with Gasteiger partial charge in [0.25, 0.3) is 11.6 Å². The quantitative estimate of drug-likeness (QED) is 0.248. The van der Waals surface area contributed by atoms with Crippen molar-refractivity contribution in [2.75, 3.05) is 6.61 Å². The fourth-order valence-corrected chi connectivity index (χ4v) is 3.41. The molecule has 0 saturated heterocycles. The molecule has 8 nitrogen and oxygen atoms in total. The van der Waals surface area contributed by atoms with Gasteiger partial charge < -0.3 is 4.74 Å². The summed E-state index contributed by atoms with van der Waals surface area (Å²) >= 11 is 0. The van der Waals surface area contributed by atoms with Gasteiger partial charge in [-0.2, -0.15) is 5.10 Å². The molecule has 1 aromatic heterocycles. The topological polar surface area (TPSA) is 107 Å². The van der Waals surface area contributed by atoms with Gasteiger partial charge in [0, 0.05) is 17.0 Å². The van der Waals surface area contributed by atoms with Crippen LogP contribution in [0.25, 0.3) is 22.2 Å². The second kappa shape index (κ2) is 9.69. The molecule has 0 bridgehead atoms. The Bertz CT molecular complexity index is 1370. The zero-order valence-electron chi connectivity index (χ0n) is 17.8. The molecule has 1 heterocycles. The number of hydrogen-bond donors (Lipinski definition) is 1. The molecule has 0 radical (unpaired) electrons. The number of benzene rings is 3. The van der Waals surface area contributed by atoms with Crippen LogP contribution in [0.2, 0.25) is 0 Å². The first kappa shape index (κ1) is 21.6. The Labute approximate surface area is 189 Å². The van der Waals surface area contributed by atoms with Gasteiger partial charge in [0.2, 0.25) is 0 Å². The molecular formula is C25H20N4O4. The van der Waals surface area contributed by atoms with Crippen molar-refractivity contribution in [3.8, 4) is 17.0 Å². The van der Waals surface area contributed by atoms with Gasteiger partial charge in [-0.15, -0.1) is 0 Å².